The third-order valence-corrected chi connectivity index (χ3v) is 9.47. The Morgan fingerprint density at radius 3 is 2.23 bits per heavy atom. The molecule has 9 heteroatoms. The first-order valence-corrected chi connectivity index (χ1v) is 15.7. The van der Waals surface area contributed by atoms with Crippen LogP contribution in [0.15, 0.2) is 122 Å². The number of cyclic esters (lactones) is 1. The van der Waals surface area contributed by atoms with E-state index < -0.39 is 47.4 Å². The van der Waals surface area contributed by atoms with Gasteiger partial charge in [0.1, 0.15) is 29.9 Å². The molecule has 47 heavy (non-hydrogen) atoms. The van der Waals surface area contributed by atoms with Gasteiger partial charge in [-0.1, -0.05) is 97.1 Å². The molecule has 3 N–H and O–H groups in total. The lowest BCUT2D eigenvalue weighted by atomic mass is 9.65. The smallest absolute Gasteiger partial charge is 0.324 e. The van der Waals surface area contributed by atoms with Crippen LogP contribution < -0.4 is 15.4 Å². The molecule has 2 saturated heterocycles. The number of ether oxygens (including phenoxy) is 2. The van der Waals surface area contributed by atoms with E-state index in [1.807, 2.05) is 102 Å². The van der Waals surface area contributed by atoms with E-state index >= 15 is 0 Å². The Kier molecular flexibility index (Phi) is 8.09. The van der Waals surface area contributed by atoms with Crippen LogP contribution in [0.5, 0.6) is 5.75 Å². The lowest BCUT2D eigenvalue weighted by molar-refractivity contribution is -0.178. The molecular weight excluding hydrogens is 594 g/mol. The number of carbonyl (C=O) groups is 3. The molecule has 0 unspecified atom stereocenters. The molecule has 2 amide bonds. The monoisotopic (exact) mass is 629 g/mol. The van der Waals surface area contributed by atoms with Crippen LogP contribution in [0.1, 0.15) is 40.4 Å². The van der Waals surface area contributed by atoms with Crippen molar-refractivity contribution in [3.05, 3.63) is 144 Å². The molecule has 6 atom stereocenters. The highest BCUT2D eigenvalue weighted by atomic mass is 16.6. The van der Waals surface area contributed by atoms with Crippen LogP contribution in [-0.4, -0.2) is 53.6 Å². The third-order valence-electron chi connectivity index (χ3n) is 9.47. The zero-order valence-electron chi connectivity index (χ0n) is 25.6. The van der Waals surface area contributed by atoms with Crippen LogP contribution in [0.25, 0.3) is 0 Å². The molecule has 7 rings (SSSR count). The van der Waals surface area contributed by atoms with E-state index in [1.165, 1.54) is 0 Å². The number of nitrogens with zero attached hydrogens (tertiary/aromatic N) is 1. The summed E-state index contributed by atoms with van der Waals surface area (Å²) in [7, 11) is 0. The van der Waals surface area contributed by atoms with Gasteiger partial charge in [0, 0.05) is 12.2 Å². The minimum Gasteiger partial charge on any atom is -0.491 e. The van der Waals surface area contributed by atoms with Gasteiger partial charge in [-0.15, -0.1) is 6.58 Å². The standard InChI is InChI=1S/C38H35N3O6/c1-2-21-39-35(43)30-32-36(44)47-33(25-13-7-4-8-14-25)31(24-11-5-3-6-12-24)41(32)34(26-17-19-27(20-18-26)46-23-22-42)38(30)28-15-9-10-16-29(28)40-37(38)45/h2-20,30-34,42H,1,21-23H2,(H,39,43)(H,40,45)/t30-,31-,32-,33+,34+,38-/m1/s1. The number of esters is 1. The molecule has 3 aliphatic rings. The van der Waals surface area contributed by atoms with Crippen molar-refractivity contribution in [1.82, 2.24) is 10.2 Å². The summed E-state index contributed by atoms with van der Waals surface area (Å²) in [6.07, 6.45) is 0.837. The molecule has 4 aromatic rings. The van der Waals surface area contributed by atoms with Crippen molar-refractivity contribution in [2.75, 3.05) is 25.1 Å². The SMILES string of the molecule is C=CCNC(=O)[C@H]1[C@@H]2C(=O)O[C@@H](c3ccccc3)[C@@H](c3ccccc3)N2[C@@H](c2ccc(OCCO)cc2)[C@]12C(=O)Nc1ccccc12. The van der Waals surface area contributed by atoms with Gasteiger partial charge in [-0.25, -0.2) is 0 Å². The van der Waals surface area contributed by atoms with Crippen LogP contribution >= 0.6 is 0 Å². The number of aliphatic hydroxyl groups is 1. The number of amides is 2. The number of hydrogen-bond acceptors (Lipinski definition) is 7. The fraction of sp³-hybridized carbons (Fsp3) is 0.237. The Balaban J connectivity index is 1.52. The Bertz CT molecular complexity index is 1800. The maximum atomic E-state index is 14.7. The van der Waals surface area contributed by atoms with Crippen LogP contribution in [0.2, 0.25) is 0 Å². The Labute approximate surface area is 272 Å². The van der Waals surface area contributed by atoms with E-state index in [9.17, 15) is 19.5 Å². The first kappa shape index (κ1) is 30.4. The van der Waals surface area contributed by atoms with E-state index in [1.54, 1.807) is 18.2 Å². The van der Waals surface area contributed by atoms with Crippen molar-refractivity contribution in [2.45, 2.75) is 29.6 Å². The van der Waals surface area contributed by atoms with Gasteiger partial charge in [0.2, 0.25) is 11.8 Å². The van der Waals surface area contributed by atoms with Crippen LogP contribution in [-0.2, 0) is 24.5 Å². The molecule has 2 fully saturated rings. The number of morpholine rings is 1. The van der Waals surface area contributed by atoms with E-state index in [0.29, 0.717) is 17.0 Å². The minimum absolute atomic E-state index is 0.128. The highest BCUT2D eigenvalue weighted by molar-refractivity contribution is 6.12. The number of carbonyl (C=O) groups excluding carboxylic acids is 3. The summed E-state index contributed by atoms with van der Waals surface area (Å²) in [6.45, 7) is 3.91. The van der Waals surface area contributed by atoms with Gasteiger partial charge in [-0.2, -0.15) is 0 Å². The number of benzene rings is 4. The second-order valence-corrected chi connectivity index (χ2v) is 11.9. The zero-order chi connectivity index (χ0) is 32.5. The van der Waals surface area contributed by atoms with Gasteiger partial charge in [0.05, 0.1) is 24.6 Å². The van der Waals surface area contributed by atoms with Crippen molar-refractivity contribution >= 4 is 23.5 Å². The van der Waals surface area contributed by atoms with Crippen molar-refractivity contribution < 1.29 is 29.0 Å². The number of hydrogen-bond donors (Lipinski definition) is 3. The molecule has 0 aliphatic carbocycles. The summed E-state index contributed by atoms with van der Waals surface area (Å²) >= 11 is 0. The number of nitrogens with one attached hydrogen (secondary N) is 2. The Morgan fingerprint density at radius 2 is 1.55 bits per heavy atom. The molecule has 3 heterocycles. The molecule has 238 valence electrons. The minimum atomic E-state index is -1.52. The van der Waals surface area contributed by atoms with Crippen LogP contribution in [0.4, 0.5) is 5.69 Å². The molecule has 0 aromatic heterocycles. The van der Waals surface area contributed by atoms with Gasteiger partial charge >= 0.3 is 5.97 Å². The maximum absolute atomic E-state index is 14.7. The molecular formula is C38H35N3O6. The largest absolute Gasteiger partial charge is 0.491 e. The fourth-order valence-corrected chi connectivity index (χ4v) is 7.74. The zero-order valence-corrected chi connectivity index (χ0v) is 25.6. The molecule has 3 aliphatic heterocycles. The van der Waals surface area contributed by atoms with Crippen molar-refractivity contribution in [3.8, 4) is 5.75 Å². The van der Waals surface area contributed by atoms with Gasteiger partial charge in [-0.05, 0) is 40.5 Å². The molecule has 1 spiro atoms. The fourth-order valence-electron chi connectivity index (χ4n) is 7.74. The van der Waals surface area contributed by atoms with Gasteiger partial charge in [0.25, 0.3) is 0 Å². The number of anilines is 1. The lowest BCUT2D eigenvalue weighted by Gasteiger charge is -2.46. The molecule has 0 bridgehead atoms. The predicted octanol–water partition coefficient (Wildman–Crippen LogP) is 4.63. The number of para-hydroxylation sites is 1. The number of aliphatic hydroxyl groups excluding tert-OH is 1. The first-order valence-electron chi connectivity index (χ1n) is 15.7. The summed E-state index contributed by atoms with van der Waals surface area (Å²) in [5.74, 6) is -2.00. The Hall–Kier alpha value is -5.25. The van der Waals surface area contributed by atoms with Crippen molar-refractivity contribution in [3.63, 3.8) is 0 Å². The highest BCUT2D eigenvalue weighted by Gasteiger charge is 2.73. The summed E-state index contributed by atoms with van der Waals surface area (Å²) in [6, 6.07) is 31.5. The summed E-state index contributed by atoms with van der Waals surface area (Å²) in [4.78, 5) is 45.7. The maximum Gasteiger partial charge on any atom is 0.324 e. The molecule has 0 saturated carbocycles. The average molecular weight is 630 g/mol. The van der Waals surface area contributed by atoms with E-state index in [0.717, 1.165) is 16.7 Å². The average Bonchev–Trinajstić information content (AvgIpc) is 3.59. The highest BCUT2D eigenvalue weighted by Crippen LogP contribution is 2.64. The Morgan fingerprint density at radius 1 is 0.894 bits per heavy atom. The number of fused-ring (bicyclic) bond motifs is 3. The molecule has 9 nitrogen and oxygen atoms in total. The number of rotatable bonds is 9. The second kappa shape index (κ2) is 12.5. The predicted molar refractivity (Wildman–Crippen MR) is 175 cm³/mol. The van der Waals surface area contributed by atoms with E-state index in [4.69, 9.17) is 9.47 Å². The summed E-state index contributed by atoms with van der Waals surface area (Å²) in [5.41, 5.74) is 2.11. The van der Waals surface area contributed by atoms with E-state index in [-0.39, 0.29) is 25.7 Å². The molecule has 4 aromatic carbocycles. The topological polar surface area (TPSA) is 117 Å². The second-order valence-electron chi connectivity index (χ2n) is 11.9. The van der Waals surface area contributed by atoms with Crippen molar-refractivity contribution in [1.29, 1.82) is 0 Å². The summed E-state index contributed by atoms with van der Waals surface area (Å²) in [5, 5.41) is 15.3. The molecule has 0 radical (unpaired) electrons. The van der Waals surface area contributed by atoms with E-state index in [2.05, 4.69) is 17.2 Å². The normalized spacial score (nSPS) is 26.2. The van der Waals surface area contributed by atoms with Gasteiger partial charge < -0.3 is 25.2 Å². The first-order chi connectivity index (χ1) is 23.0. The van der Waals surface area contributed by atoms with Crippen LogP contribution in [0.3, 0.4) is 0 Å². The van der Waals surface area contributed by atoms with Crippen molar-refractivity contribution in [2.24, 2.45) is 5.92 Å². The lowest BCUT2D eigenvalue weighted by Crippen LogP contribution is -2.54. The quantitative estimate of drug-likeness (QED) is 0.183. The van der Waals surface area contributed by atoms with Gasteiger partial charge in [0.15, 0.2) is 0 Å². The third kappa shape index (κ3) is 4.90. The summed E-state index contributed by atoms with van der Waals surface area (Å²) < 4.78 is 12.0. The van der Waals surface area contributed by atoms with Crippen LogP contribution in [0, 0.1) is 5.92 Å². The van der Waals surface area contributed by atoms with Gasteiger partial charge in [-0.3, -0.25) is 19.3 Å².